The van der Waals surface area contributed by atoms with Crippen LogP contribution in [0, 0.1) is 5.41 Å². The van der Waals surface area contributed by atoms with E-state index in [1.807, 2.05) is 6.20 Å². The molecule has 0 aliphatic carbocycles. The first-order chi connectivity index (χ1) is 10.5. The average molecular weight is 302 g/mol. The molecule has 120 valence electrons. The van der Waals surface area contributed by atoms with Crippen LogP contribution in [0.3, 0.4) is 0 Å². The molecular weight excluding hydrogens is 276 g/mol. The summed E-state index contributed by atoms with van der Waals surface area (Å²) >= 11 is 0. The maximum Gasteiger partial charge on any atom is 0.143 e. The lowest BCUT2D eigenvalue weighted by atomic mass is 9.74. The zero-order valence-corrected chi connectivity index (χ0v) is 14.0. The Balaban J connectivity index is 1.89. The second-order valence-electron chi connectivity index (χ2n) is 7.16. The third-order valence-electron chi connectivity index (χ3n) is 4.94. The van der Waals surface area contributed by atoms with Crippen molar-refractivity contribution < 1.29 is 4.74 Å². The molecule has 0 radical (unpaired) electrons. The quantitative estimate of drug-likeness (QED) is 0.907. The van der Waals surface area contributed by atoms with Crippen LogP contribution in [0.15, 0.2) is 12.5 Å². The third-order valence-corrected chi connectivity index (χ3v) is 4.94. The summed E-state index contributed by atoms with van der Waals surface area (Å²) in [5, 5.41) is 4.65. The van der Waals surface area contributed by atoms with E-state index in [-0.39, 0.29) is 11.0 Å². The smallest absolute Gasteiger partial charge is 0.143 e. The molecule has 1 aliphatic heterocycles. The molecule has 0 aromatic carbocycles. The number of nitrogens with one attached hydrogen (secondary N) is 2. The van der Waals surface area contributed by atoms with Crippen molar-refractivity contribution in [2.45, 2.75) is 52.6 Å². The second kappa shape index (κ2) is 5.54. The molecule has 1 saturated heterocycles. The van der Waals surface area contributed by atoms with Gasteiger partial charge in [-0.3, -0.25) is 0 Å². The van der Waals surface area contributed by atoms with E-state index < -0.39 is 0 Å². The van der Waals surface area contributed by atoms with Crippen molar-refractivity contribution in [3.63, 3.8) is 0 Å². The first kappa shape index (κ1) is 15.3. The fourth-order valence-electron chi connectivity index (χ4n) is 3.36. The van der Waals surface area contributed by atoms with Crippen LogP contribution in [0.2, 0.25) is 0 Å². The molecule has 2 N–H and O–H groups in total. The molecule has 22 heavy (non-hydrogen) atoms. The number of aromatic nitrogens is 3. The van der Waals surface area contributed by atoms with Gasteiger partial charge in [0.1, 0.15) is 17.8 Å². The van der Waals surface area contributed by atoms with Gasteiger partial charge in [0, 0.05) is 19.3 Å². The lowest BCUT2D eigenvalue weighted by Gasteiger charge is -2.41. The van der Waals surface area contributed by atoms with Gasteiger partial charge in [-0.05, 0) is 30.2 Å². The molecule has 5 nitrogen and oxygen atoms in total. The normalized spacial score (nSPS) is 22.4. The van der Waals surface area contributed by atoms with Crippen molar-refractivity contribution in [3.8, 4) is 0 Å². The molecule has 1 aliphatic rings. The summed E-state index contributed by atoms with van der Waals surface area (Å²) in [6.45, 7) is 10.5. The molecule has 3 heterocycles. The minimum Gasteiger partial charge on any atom is -0.373 e. The van der Waals surface area contributed by atoms with Gasteiger partial charge in [-0.15, -0.1) is 0 Å². The number of nitrogens with zero attached hydrogens (tertiary/aromatic N) is 2. The molecule has 2 aromatic rings. The van der Waals surface area contributed by atoms with Gasteiger partial charge in [0.25, 0.3) is 0 Å². The van der Waals surface area contributed by atoms with Crippen LogP contribution in [0.25, 0.3) is 11.0 Å². The number of aryl methyl sites for hydroxylation is 1. The van der Waals surface area contributed by atoms with Gasteiger partial charge in [-0.1, -0.05) is 27.7 Å². The number of aromatic amines is 1. The Bertz CT molecular complexity index is 650. The van der Waals surface area contributed by atoms with Crippen LogP contribution in [-0.2, 0) is 11.2 Å². The summed E-state index contributed by atoms with van der Waals surface area (Å²) in [5.74, 6) is 0.905. The molecule has 3 rings (SSSR count). The molecule has 0 spiro atoms. The maximum absolute atomic E-state index is 6.16. The van der Waals surface area contributed by atoms with Crippen molar-refractivity contribution in [2.24, 2.45) is 5.41 Å². The zero-order valence-electron chi connectivity index (χ0n) is 14.0. The predicted molar refractivity (Wildman–Crippen MR) is 89.1 cm³/mol. The molecule has 1 atom stereocenters. The summed E-state index contributed by atoms with van der Waals surface area (Å²) in [5.41, 5.74) is 2.10. The number of H-pyrrole nitrogens is 1. The van der Waals surface area contributed by atoms with Crippen molar-refractivity contribution >= 4 is 16.9 Å². The van der Waals surface area contributed by atoms with E-state index in [1.54, 1.807) is 6.33 Å². The Morgan fingerprint density at radius 2 is 2.18 bits per heavy atom. The Kier molecular flexibility index (Phi) is 3.85. The lowest BCUT2D eigenvalue weighted by molar-refractivity contribution is -0.0668. The standard InChI is InChI=1S/C17H26N4O/c1-5-12-9-18-14-13(12)15(21-11-20-14)19-10-17(16(2,3)4)7-6-8-22-17/h9,11H,5-8,10H2,1-4H3,(H2,18,19,20,21). The van der Waals surface area contributed by atoms with Crippen molar-refractivity contribution in [1.29, 1.82) is 0 Å². The minimum atomic E-state index is -0.132. The molecule has 5 heteroatoms. The Labute approximate surface area is 131 Å². The van der Waals surface area contributed by atoms with E-state index in [9.17, 15) is 0 Å². The van der Waals surface area contributed by atoms with E-state index in [0.29, 0.717) is 0 Å². The van der Waals surface area contributed by atoms with E-state index in [4.69, 9.17) is 4.74 Å². The highest BCUT2D eigenvalue weighted by molar-refractivity contribution is 5.90. The van der Waals surface area contributed by atoms with Crippen molar-refractivity contribution in [2.75, 3.05) is 18.5 Å². The van der Waals surface area contributed by atoms with Gasteiger partial charge in [0.15, 0.2) is 0 Å². The van der Waals surface area contributed by atoms with E-state index in [0.717, 1.165) is 49.3 Å². The Hall–Kier alpha value is -1.62. The first-order valence-electron chi connectivity index (χ1n) is 8.16. The molecule has 0 bridgehead atoms. The molecule has 0 amide bonds. The number of hydrogen-bond donors (Lipinski definition) is 2. The number of hydrogen-bond acceptors (Lipinski definition) is 4. The van der Waals surface area contributed by atoms with Gasteiger partial charge < -0.3 is 15.0 Å². The number of fused-ring (bicyclic) bond motifs is 1. The Morgan fingerprint density at radius 1 is 1.36 bits per heavy atom. The predicted octanol–water partition coefficient (Wildman–Crippen LogP) is 3.53. The van der Waals surface area contributed by atoms with E-state index >= 15 is 0 Å². The second-order valence-corrected chi connectivity index (χ2v) is 7.16. The molecular formula is C17H26N4O. The summed E-state index contributed by atoms with van der Waals surface area (Å²) in [6, 6.07) is 0. The van der Waals surface area contributed by atoms with Gasteiger partial charge in [0.05, 0.1) is 11.0 Å². The van der Waals surface area contributed by atoms with Crippen LogP contribution in [0.5, 0.6) is 0 Å². The summed E-state index contributed by atoms with van der Waals surface area (Å²) < 4.78 is 6.16. The molecule has 1 fully saturated rings. The highest BCUT2D eigenvalue weighted by atomic mass is 16.5. The average Bonchev–Trinajstić information content (AvgIpc) is 3.12. The molecule has 2 aromatic heterocycles. The highest BCUT2D eigenvalue weighted by Crippen LogP contribution is 2.41. The maximum atomic E-state index is 6.16. The molecule has 1 unspecified atom stereocenters. The monoisotopic (exact) mass is 302 g/mol. The van der Waals surface area contributed by atoms with Crippen LogP contribution in [-0.4, -0.2) is 33.7 Å². The van der Waals surface area contributed by atoms with E-state index in [2.05, 4.69) is 48.0 Å². The SMILES string of the molecule is CCc1c[nH]c2ncnc(NCC3(C(C)(C)C)CCCO3)c12. The minimum absolute atomic E-state index is 0.0916. The summed E-state index contributed by atoms with van der Waals surface area (Å²) in [4.78, 5) is 12.0. The van der Waals surface area contributed by atoms with Crippen molar-refractivity contribution in [3.05, 3.63) is 18.1 Å². The number of rotatable bonds is 4. The van der Waals surface area contributed by atoms with Crippen LogP contribution in [0.1, 0.15) is 46.1 Å². The van der Waals surface area contributed by atoms with Crippen molar-refractivity contribution in [1.82, 2.24) is 15.0 Å². The first-order valence-corrected chi connectivity index (χ1v) is 8.16. The molecule has 0 saturated carbocycles. The Morgan fingerprint density at radius 3 is 2.82 bits per heavy atom. The number of anilines is 1. The topological polar surface area (TPSA) is 62.8 Å². The van der Waals surface area contributed by atoms with E-state index in [1.165, 1.54) is 5.56 Å². The lowest BCUT2D eigenvalue weighted by Crippen LogP contribution is -2.48. The third kappa shape index (κ3) is 2.47. The van der Waals surface area contributed by atoms with Crippen LogP contribution in [0.4, 0.5) is 5.82 Å². The summed E-state index contributed by atoms with van der Waals surface area (Å²) in [6.07, 6.45) is 6.81. The zero-order chi connectivity index (χ0) is 15.8. The number of ether oxygens (including phenoxy) is 1. The van der Waals surface area contributed by atoms with Gasteiger partial charge in [0.2, 0.25) is 0 Å². The largest absolute Gasteiger partial charge is 0.373 e. The highest BCUT2D eigenvalue weighted by Gasteiger charge is 2.45. The summed E-state index contributed by atoms with van der Waals surface area (Å²) in [7, 11) is 0. The fourth-order valence-corrected chi connectivity index (χ4v) is 3.36. The van der Waals surface area contributed by atoms with Crippen LogP contribution < -0.4 is 5.32 Å². The van der Waals surface area contributed by atoms with Gasteiger partial charge in [-0.2, -0.15) is 0 Å². The van der Waals surface area contributed by atoms with Gasteiger partial charge >= 0.3 is 0 Å². The van der Waals surface area contributed by atoms with Gasteiger partial charge in [-0.25, -0.2) is 9.97 Å². The fraction of sp³-hybridized carbons (Fsp3) is 0.647. The van der Waals surface area contributed by atoms with Crippen LogP contribution >= 0.6 is 0 Å².